The average molecular weight is 217 g/mol. The Morgan fingerprint density at radius 2 is 2.38 bits per heavy atom. The Kier molecular flexibility index (Phi) is 4.10. The molecule has 0 fully saturated rings. The highest BCUT2D eigenvalue weighted by Crippen LogP contribution is 2.12. The van der Waals surface area contributed by atoms with Crippen LogP contribution in [0.25, 0.3) is 0 Å². The summed E-state index contributed by atoms with van der Waals surface area (Å²) in [7, 11) is 0. The van der Waals surface area contributed by atoms with E-state index in [1.165, 1.54) is 13.0 Å². The molecule has 0 aliphatic carbocycles. The van der Waals surface area contributed by atoms with Crippen molar-refractivity contribution in [1.82, 2.24) is 0 Å². The number of ether oxygens (including phenoxy) is 1. The second-order valence-electron chi connectivity index (χ2n) is 3.14. The zero-order valence-electron chi connectivity index (χ0n) is 8.80. The summed E-state index contributed by atoms with van der Waals surface area (Å²) < 4.78 is 5.28. The summed E-state index contributed by atoms with van der Waals surface area (Å²) in [6, 6.07) is 8.69. The Labute approximate surface area is 93.4 Å². The van der Waals surface area contributed by atoms with Gasteiger partial charge in [-0.15, -0.1) is 0 Å². The monoisotopic (exact) mass is 217 g/mol. The number of nitriles is 1. The second-order valence-corrected chi connectivity index (χ2v) is 3.14. The predicted octanol–water partition coefficient (Wildman–Crippen LogP) is 1.97. The Bertz CT molecular complexity index is 458. The SMILES string of the molecule is CC(=CCOc1cccc(C#N)c1)C(=O)O. The van der Waals surface area contributed by atoms with Crippen LogP contribution in [0.3, 0.4) is 0 Å². The lowest BCUT2D eigenvalue weighted by molar-refractivity contribution is -0.132. The normalized spacial score (nSPS) is 10.6. The van der Waals surface area contributed by atoms with Gasteiger partial charge in [0, 0.05) is 5.57 Å². The minimum atomic E-state index is -0.964. The molecule has 0 saturated heterocycles. The number of benzene rings is 1. The third-order valence-electron chi connectivity index (χ3n) is 1.94. The van der Waals surface area contributed by atoms with Gasteiger partial charge in [0.05, 0.1) is 11.6 Å². The van der Waals surface area contributed by atoms with Crippen molar-refractivity contribution < 1.29 is 14.6 Å². The number of aliphatic carboxylic acids is 1. The number of carboxylic acids is 1. The van der Waals surface area contributed by atoms with E-state index in [1.54, 1.807) is 24.3 Å². The molecule has 0 heterocycles. The minimum Gasteiger partial charge on any atom is -0.489 e. The third-order valence-corrected chi connectivity index (χ3v) is 1.94. The number of rotatable bonds is 4. The van der Waals surface area contributed by atoms with Gasteiger partial charge in [0.2, 0.25) is 0 Å². The number of carboxylic acid groups (broad SMARTS) is 1. The zero-order chi connectivity index (χ0) is 12.0. The van der Waals surface area contributed by atoms with E-state index in [0.717, 1.165) is 0 Å². The van der Waals surface area contributed by atoms with Gasteiger partial charge in [-0.3, -0.25) is 0 Å². The first kappa shape index (κ1) is 11.8. The summed E-state index contributed by atoms with van der Waals surface area (Å²) in [5.41, 5.74) is 0.743. The molecule has 1 rings (SSSR count). The van der Waals surface area contributed by atoms with Gasteiger partial charge in [0.1, 0.15) is 12.4 Å². The van der Waals surface area contributed by atoms with E-state index in [2.05, 4.69) is 0 Å². The summed E-state index contributed by atoms with van der Waals surface area (Å²) in [5.74, 6) is -0.414. The Balaban J connectivity index is 2.59. The number of carbonyl (C=O) groups is 1. The lowest BCUT2D eigenvalue weighted by Crippen LogP contribution is -2.00. The summed E-state index contributed by atoms with van der Waals surface area (Å²) >= 11 is 0. The van der Waals surface area contributed by atoms with E-state index in [-0.39, 0.29) is 12.2 Å². The highest BCUT2D eigenvalue weighted by molar-refractivity contribution is 5.85. The van der Waals surface area contributed by atoms with Crippen LogP contribution in [0.1, 0.15) is 12.5 Å². The first-order valence-electron chi connectivity index (χ1n) is 4.66. The van der Waals surface area contributed by atoms with E-state index in [9.17, 15) is 4.79 Å². The van der Waals surface area contributed by atoms with Crippen LogP contribution in [0.2, 0.25) is 0 Å². The highest BCUT2D eigenvalue weighted by Gasteiger charge is 1.99. The molecule has 0 aromatic heterocycles. The largest absolute Gasteiger partial charge is 0.489 e. The molecule has 16 heavy (non-hydrogen) atoms. The molecule has 0 unspecified atom stereocenters. The minimum absolute atomic E-state index is 0.174. The molecule has 0 spiro atoms. The van der Waals surface area contributed by atoms with Crippen LogP contribution in [0, 0.1) is 11.3 Å². The van der Waals surface area contributed by atoms with E-state index in [1.807, 2.05) is 6.07 Å². The van der Waals surface area contributed by atoms with Gasteiger partial charge < -0.3 is 9.84 Å². The van der Waals surface area contributed by atoms with Crippen molar-refractivity contribution in [1.29, 1.82) is 5.26 Å². The summed E-state index contributed by atoms with van der Waals surface area (Å²) in [6.45, 7) is 1.67. The van der Waals surface area contributed by atoms with Crippen molar-refractivity contribution in [2.75, 3.05) is 6.61 Å². The van der Waals surface area contributed by atoms with E-state index >= 15 is 0 Å². The Morgan fingerprint density at radius 3 is 3.00 bits per heavy atom. The molecule has 1 aromatic carbocycles. The number of nitrogens with zero attached hydrogens (tertiary/aromatic N) is 1. The van der Waals surface area contributed by atoms with Crippen molar-refractivity contribution >= 4 is 5.97 Å². The molecular formula is C12H11NO3. The van der Waals surface area contributed by atoms with Gasteiger partial charge in [0.15, 0.2) is 0 Å². The van der Waals surface area contributed by atoms with E-state index < -0.39 is 5.97 Å². The fourth-order valence-corrected chi connectivity index (χ4v) is 1.01. The quantitative estimate of drug-likeness (QED) is 0.782. The van der Waals surface area contributed by atoms with Crippen LogP contribution < -0.4 is 4.74 Å². The number of hydrogen-bond donors (Lipinski definition) is 1. The van der Waals surface area contributed by atoms with Crippen molar-refractivity contribution in [3.63, 3.8) is 0 Å². The summed E-state index contributed by atoms with van der Waals surface area (Å²) in [6.07, 6.45) is 1.47. The molecule has 4 nitrogen and oxygen atoms in total. The van der Waals surface area contributed by atoms with Crippen LogP contribution in [-0.4, -0.2) is 17.7 Å². The molecule has 82 valence electrons. The molecule has 0 saturated carbocycles. The van der Waals surface area contributed by atoms with Gasteiger partial charge in [0.25, 0.3) is 0 Å². The van der Waals surface area contributed by atoms with Crippen LogP contribution in [0.15, 0.2) is 35.9 Å². The van der Waals surface area contributed by atoms with Crippen LogP contribution in [0.4, 0.5) is 0 Å². The maximum atomic E-state index is 10.5. The van der Waals surface area contributed by atoms with Crippen LogP contribution in [0.5, 0.6) is 5.75 Å². The number of hydrogen-bond acceptors (Lipinski definition) is 3. The highest BCUT2D eigenvalue weighted by atomic mass is 16.5. The van der Waals surface area contributed by atoms with Crippen molar-refractivity contribution in [3.05, 3.63) is 41.5 Å². The molecule has 0 aliphatic rings. The molecule has 0 amide bonds. The van der Waals surface area contributed by atoms with E-state index in [4.69, 9.17) is 15.1 Å². The van der Waals surface area contributed by atoms with Crippen LogP contribution in [-0.2, 0) is 4.79 Å². The topological polar surface area (TPSA) is 70.3 Å². The summed E-state index contributed by atoms with van der Waals surface area (Å²) in [5, 5.41) is 17.2. The molecular weight excluding hydrogens is 206 g/mol. The standard InChI is InChI=1S/C12H11NO3/c1-9(12(14)15)5-6-16-11-4-2-3-10(7-11)8-13/h2-5,7H,6H2,1H3,(H,14,15). The van der Waals surface area contributed by atoms with E-state index in [0.29, 0.717) is 11.3 Å². The summed E-state index contributed by atoms with van der Waals surface area (Å²) in [4.78, 5) is 10.5. The first-order valence-corrected chi connectivity index (χ1v) is 4.66. The first-order chi connectivity index (χ1) is 7.63. The molecule has 0 radical (unpaired) electrons. The van der Waals surface area contributed by atoms with Gasteiger partial charge in [-0.25, -0.2) is 4.79 Å². The zero-order valence-corrected chi connectivity index (χ0v) is 8.80. The smallest absolute Gasteiger partial charge is 0.331 e. The molecule has 4 heteroatoms. The molecule has 0 bridgehead atoms. The lowest BCUT2D eigenvalue weighted by Gasteiger charge is -2.03. The fourth-order valence-electron chi connectivity index (χ4n) is 1.01. The molecule has 1 N–H and O–H groups in total. The second kappa shape index (κ2) is 5.56. The molecule has 1 aromatic rings. The lowest BCUT2D eigenvalue weighted by atomic mass is 10.2. The van der Waals surface area contributed by atoms with Gasteiger partial charge in [-0.2, -0.15) is 5.26 Å². The van der Waals surface area contributed by atoms with Crippen molar-refractivity contribution in [3.8, 4) is 11.8 Å². The van der Waals surface area contributed by atoms with Gasteiger partial charge in [-0.05, 0) is 31.2 Å². The predicted molar refractivity (Wildman–Crippen MR) is 58.0 cm³/mol. The van der Waals surface area contributed by atoms with Gasteiger partial charge in [-0.1, -0.05) is 6.07 Å². The van der Waals surface area contributed by atoms with Gasteiger partial charge >= 0.3 is 5.97 Å². The third kappa shape index (κ3) is 3.46. The van der Waals surface area contributed by atoms with Crippen molar-refractivity contribution in [2.24, 2.45) is 0 Å². The maximum Gasteiger partial charge on any atom is 0.331 e. The fraction of sp³-hybridized carbons (Fsp3) is 0.167. The average Bonchev–Trinajstić information content (AvgIpc) is 2.29. The van der Waals surface area contributed by atoms with Crippen molar-refractivity contribution in [2.45, 2.75) is 6.92 Å². The molecule has 0 atom stereocenters. The Morgan fingerprint density at radius 1 is 1.62 bits per heavy atom. The van der Waals surface area contributed by atoms with Crippen LogP contribution >= 0.6 is 0 Å². The molecule has 0 aliphatic heterocycles. The Hall–Kier alpha value is -2.28. The maximum absolute atomic E-state index is 10.5.